The number of ether oxygens (including phenoxy) is 1. The molecule has 8 heteroatoms. The van der Waals surface area contributed by atoms with Crippen molar-refractivity contribution in [1.82, 2.24) is 10.2 Å². The van der Waals surface area contributed by atoms with E-state index in [-0.39, 0.29) is 30.2 Å². The zero-order chi connectivity index (χ0) is 19.4. The summed E-state index contributed by atoms with van der Waals surface area (Å²) in [5.41, 5.74) is 0.856. The van der Waals surface area contributed by atoms with Crippen molar-refractivity contribution in [3.63, 3.8) is 0 Å². The average molecular weight is 393 g/mol. The number of halogens is 1. The summed E-state index contributed by atoms with van der Waals surface area (Å²) in [7, 11) is 0. The number of carbonyl (C=O) groups excluding carboxylic acids is 4. The van der Waals surface area contributed by atoms with Gasteiger partial charge in [0.15, 0.2) is 6.61 Å². The van der Waals surface area contributed by atoms with Gasteiger partial charge in [0.1, 0.15) is 6.54 Å². The van der Waals surface area contributed by atoms with Crippen LogP contribution >= 0.6 is 11.6 Å². The molecule has 1 heterocycles. The lowest BCUT2D eigenvalue weighted by atomic mass is 9.81. The Morgan fingerprint density at radius 3 is 2.26 bits per heavy atom. The minimum atomic E-state index is -0.767. The van der Waals surface area contributed by atoms with Crippen molar-refractivity contribution in [3.8, 4) is 0 Å². The van der Waals surface area contributed by atoms with E-state index in [2.05, 4.69) is 5.32 Å². The number of nitrogens with zero attached hydrogens (tertiary/aromatic N) is 1. The Hall–Kier alpha value is -2.41. The summed E-state index contributed by atoms with van der Waals surface area (Å²) in [5.74, 6) is -2.44. The molecule has 27 heavy (non-hydrogen) atoms. The number of esters is 1. The van der Waals surface area contributed by atoms with Crippen molar-refractivity contribution in [2.45, 2.75) is 32.2 Å². The molecule has 2 unspecified atom stereocenters. The van der Waals surface area contributed by atoms with Gasteiger partial charge < -0.3 is 10.1 Å². The molecule has 3 amide bonds. The van der Waals surface area contributed by atoms with Crippen LogP contribution in [0.4, 0.5) is 0 Å². The zero-order valence-electron chi connectivity index (χ0n) is 14.8. The SMILES string of the molecule is O=C(COC(=O)CN1C(=O)C2CCCCC2C1=O)NCc1ccc(Cl)cc1. The molecule has 1 aliphatic carbocycles. The average Bonchev–Trinajstić information content (AvgIpc) is 2.91. The molecule has 1 saturated carbocycles. The lowest BCUT2D eigenvalue weighted by Crippen LogP contribution is -2.38. The number of rotatable bonds is 6. The fourth-order valence-corrected chi connectivity index (χ4v) is 3.69. The lowest BCUT2D eigenvalue weighted by Gasteiger charge is -2.19. The Morgan fingerprint density at radius 2 is 1.67 bits per heavy atom. The van der Waals surface area contributed by atoms with Crippen LogP contribution in [-0.4, -0.2) is 41.7 Å². The number of benzene rings is 1. The van der Waals surface area contributed by atoms with Gasteiger partial charge in [0.05, 0.1) is 11.8 Å². The summed E-state index contributed by atoms with van der Waals surface area (Å²) in [4.78, 5) is 49.4. The summed E-state index contributed by atoms with van der Waals surface area (Å²) in [6, 6.07) is 6.98. The van der Waals surface area contributed by atoms with Crippen LogP contribution < -0.4 is 5.32 Å². The second-order valence-corrected chi connectivity index (χ2v) is 7.26. The molecule has 1 aliphatic heterocycles. The third-order valence-electron chi connectivity index (χ3n) is 4.99. The molecule has 144 valence electrons. The van der Waals surface area contributed by atoms with E-state index in [4.69, 9.17) is 16.3 Å². The highest BCUT2D eigenvalue weighted by Gasteiger charge is 2.48. The Balaban J connectivity index is 1.42. The van der Waals surface area contributed by atoms with Gasteiger partial charge >= 0.3 is 5.97 Å². The highest BCUT2D eigenvalue weighted by molar-refractivity contribution is 6.30. The molecule has 2 atom stereocenters. The smallest absolute Gasteiger partial charge is 0.326 e. The molecule has 3 rings (SSSR count). The number of nitrogens with one attached hydrogen (secondary N) is 1. The Labute approximate surface area is 162 Å². The van der Waals surface area contributed by atoms with Gasteiger partial charge in [-0.25, -0.2) is 0 Å². The first kappa shape index (κ1) is 19.4. The van der Waals surface area contributed by atoms with Crippen LogP contribution in [0, 0.1) is 11.8 Å². The highest BCUT2D eigenvalue weighted by Crippen LogP contribution is 2.37. The predicted octanol–water partition coefficient (Wildman–Crippen LogP) is 1.67. The quantitative estimate of drug-likeness (QED) is 0.587. The van der Waals surface area contributed by atoms with E-state index in [1.807, 2.05) is 0 Å². The maximum Gasteiger partial charge on any atom is 0.326 e. The van der Waals surface area contributed by atoms with Crippen molar-refractivity contribution in [1.29, 1.82) is 0 Å². The molecule has 1 aromatic rings. The van der Waals surface area contributed by atoms with Gasteiger partial charge in [-0.15, -0.1) is 0 Å². The van der Waals surface area contributed by atoms with Gasteiger partial charge in [0.2, 0.25) is 11.8 Å². The molecule has 0 spiro atoms. The minimum Gasteiger partial charge on any atom is -0.454 e. The van der Waals surface area contributed by atoms with E-state index in [9.17, 15) is 19.2 Å². The fraction of sp³-hybridized carbons (Fsp3) is 0.474. The topological polar surface area (TPSA) is 92.8 Å². The van der Waals surface area contributed by atoms with Crippen LogP contribution in [0.5, 0.6) is 0 Å². The molecule has 1 saturated heterocycles. The molecular weight excluding hydrogens is 372 g/mol. The first-order valence-corrected chi connectivity index (χ1v) is 9.35. The van der Waals surface area contributed by atoms with Crippen LogP contribution in [-0.2, 0) is 30.5 Å². The highest BCUT2D eigenvalue weighted by atomic mass is 35.5. The summed E-state index contributed by atoms with van der Waals surface area (Å²) in [5, 5.41) is 3.22. The normalized spacial score (nSPS) is 21.7. The van der Waals surface area contributed by atoms with E-state index >= 15 is 0 Å². The minimum absolute atomic E-state index is 0.278. The van der Waals surface area contributed by atoms with Crippen molar-refractivity contribution in [2.75, 3.05) is 13.2 Å². The zero-order valence-corrected chi connectivity index (χ0v) is 15.5. The molecule has 2 fully saturated rings. The molecule has 0 bridgehead atoms. The van der Waals surface area contributed by atoms with Crippen molar-refractivity contribution < 1.29 is 23.9 Å². The molecular formula is C19H21ClN2O5. The third kappa shape index (κ3) is 4.66. The predicted molar refractivity (Wildman–Crippen MR) is 96.4 cm³/mol. The molecule has 1 N–H and O–H groups in total. The van der Waals surface area contributed by atoms with E-state index in [0.29, 0.717) is 17.9 Å². The second kappa shape index (κ2) is 8.52. The summed E-state index contributed by atoms with van der Waals surface area (Å²) in [6.07, 6.45) is 3.22. The standard InChI is InChI=1S/C19H21ClN2O5/c20-13-7-5-12(6-8-13)9-21-16(23)11-27-17(24)10-22-18(25)14-3-1-2-4-15(14)19(22)26/h5-8,14-15H,1-4,9-11H2,(H,21,23). The van der Waals surface area contributed by atoms with Crippen LogP contribution in [0.2, 0.25) is 5.02 Å². The molecule has 0 aromatic heterocycles. The molecule has 0 radical (unpaired) electrons. The molecule has 7 nitrogen and oxygen atoms in total. The summed E-state index contributed by atoms with van der Waals surface area (Å²) in [6.45, 7) is -0.620. The summed E-state index contributed by atoms with van der Waals surface area (Å²) < 4.78 is 4.91. The maximum atomic E-state index is 12.3. The van der Waals surface area contributed by atoms with E-state index in [0.717, 1.165) is 23.3 Å². The Kier molecular flexibility index (Phi) is 6.11. The number of fused-ring (bicyclic) bond motifs is 1. The largest absolute Gasteiger partial charge is 0.454 e. The number of hydrogen-bond donors (Lipinski definition) is 1. The van der Waals surface area contributed by atoms with Gasteiger partial charge in [0.25, 0.3) is 5.91 Å². The van der Waals surface area contributed by atoms with Gasteiger partial charge in [-0.2, -0.15) is 0 Å². The first-order valence-electron chi connectivity index (χ1n) is 8.97. The van der Waals surface area contributed by atoms with Gasteiger partial charge in [-0.1, -0.05) is 36.6 Å². The number of amides is 3. The lowest BCUT2D eigenvalue weighted by molar-refractivity contribution is -0.154. The first-order chi connectivity index (χ1) is 13.0. The monoisotopic (exact) mass is 392 g/mol. The number of carbonyl (C=O) groups is 4. The van der Waals surface area contributed by atoms with E-state index in [1.54, 1.807) is 24.3 Å². The van der Waals surface area contributed by atoms with Gasteiger partial charge in [-0.3, -0.25) is 24.1 Å². The van der Waals surface area contributed by atoms with Gasteiger partial charge in [-0.05, 0) is 30.5 Å². The van der Waals surface area contributed by atoms with Gasteiger partial charge in [0, 0.05) is 11.6 Å². The van der Waals surface area contributed by atoms with Crippen LogP contribution in [0.15, 0.2) is 24.3 Å². The van der Waals surface area contributed by atoms with Crippen molar-refractivity contribution in [2.24, 2.45) is 11.8 Å². The van der Waals surface area contributed by atoms with Crippen molar-refractivity contribution in [3.05, 3.63) is 34.9 Å². The second-order valence-electron chi connectivity index (χ2n) is 6.82. The Bertz CT molecular complexity index is 725. The van der Waals surface area contributed by atoms with Crippen LogP contribution in [0.25, 0.3) is 0 Å². The Morgan fingerprint density at radius 1 is 1.07 bits per heavy atom. The molecule has 2 aliphatic rings. The molecule has 1 aromatic carbocycles. The fourth-order valence-electron chi connectivity index (χ4n) is 3.56. The summed E-state index contributed by atoms with van der Waals surface area (Å²) >= 11 is 5.79. The third-order valence-corrected chi connectivity index (χ3v) is 5.24. The number of imide groups is 1. The van der Waals surface area contributed by atoms with Crippen LogP contribution in [0.3, 0.4) is 0 Å². The van der Waals surface area contributed by atoms with E-state index < -0.39 is 25.0 Å². The number of hydrogen-bond acceptors (Lipinski definition) is 5. The van der Waals surface area contributed by atoms with E-state index in [1.165, 1.54) is 0 Å². The van der Waals surface area contributed by atoms with Crippen LogP contribution in [0.1, 0.15) is 31.2 Å². The van der Waals surface area contributed by atoms with Crippen molar-refractivity contribution >= 4 is 35.3 Å². The maximum absolute atomic E-state index is 12.3. The number of likely N-dealkylation sites (tertiary alicyclic amines) is 1.